The molecule has 2 aromatic rings. The van der Waals surface area contributed by atoms with Crippen molar-refractivity contribution in [1.29, 1.82) is 0 Å². The zero-order valence-electron chi connectivity index (χ0n) is 10.7. The summed E-state index contributed by atoms with van der Waals surface area (Å²) in [4.78, 5) is 21.9. The van der Waals surface area contributed by atoms with Gasteiger partial charge in [-0.15, -0.1) is 0 Å². The SMILES string of the molecule is O=C(O)c1ccc(COc2cccc(Cl)c2C(=O)O)cc1. The molecule has 0 aliphatic carbocycles. The van der Waals surface area contributed by atoms with Gasteiger partial charge in [-0.05, 0) is 29.8 Å². The van der Waals surface area contributed by atoms with Crippen LogP contribution in [-0.2, 0) is 6.61 Å². The van der Waals surface area contributed by atoms with Gasteiger partial charge >= 0.3 is 11.9 Å². The second-order valence-electron chi connectivity index (χ2n) is 4.21. The van der Waals surface area contributed by atoms with Crippen molar-refractivity contribution in [2.75, 3.05) is 0 Å². The quantitative estimate of drug-likeness (QED) is 0.885. The smallest absolute Gasteiger partial charge is 0.341 e. The van der Waals surface area contributed by atoms with Crippen LogP contribution < -0.4 is 4.74 Å². The maximum atomic E-state index is 11.1. The van der Waals surface area contributed by atoms with Gasteiger partial charge in [-0.1, -0.05) is 29.8 Å². The predicted octanol–water partition coefficient (Wildman–Crippen LogP) is 3.32. The molecular formula is C15H11ClO5. The molecule has 2 aromatic carbocycles. The summed E-state index contributed by atoms with van der Waals surface area (Å²) in [6.45, 7) is 0.112. The van der Waals surface area contributed by atoms with E-state index in [1.54, 1.807) is 18.2 Å². The standard InChI is InChI=1S/C15H11ClO5/c16-11-2-1-3-12(13(11)15(19)20)21-8-9-4-6-10(7-5-9)14(17)18/h1-7H,8H2,(H,17,18)(H,19,20). The lowest BCUT2D eigenvalue weighted by atomic mass is 10.1. The van der Waals surface area contributed by atoms with Gasteiger partial charge in [0.25, 0.3) is 0 Å². The average Bonchev–Trinajstić information content (AvgIpc) is 2.45. The Hall–Kier alpha value is -2.53. The van der Waals surface area contributed by atoms with E-state index in [0.29, 0.717) is 0 Å². The molecule has 5 nitrogen and oxygen atoms in total. The van der Waals surface area contributed by atoms with Gasteiger partial charge in [0, 0.05) is 0 Å². The molecule has 0 aliphatic rings. The largest absolute Gasteiger partial charge is 0.488 e. The summed E-state index contributed by atoms with van der Waals surface area (Å²) in [5.41, 5.74) is 0.797. The number of benzene rings is 2. The van der Waals surface area contributed by atoms with Crippen LogP contribution in [0.15, 0.2) is 42.5 Å². The zero-order valence-corrected chi connectivity index (χ0v) is 11.5. The van der Waals surface area contributed by atoms with Crippen LogP contribution in [0.1, 0.15) is 26.3 Å². The molecule has 0 unspecified atom stereocenters. The number of carboxylic acids is 2. The Labute approximate surface area is 125 Å². The molecule has 0 aromatic heterocycles. The second kappa shape index (κ2) is 6.28. The number of carboxylic acid groups (broad SMARTS) is 2. The average molecular weight is 307 g/mol. The summed E-state index contributed by atoms with van der Waals surface area (Å²) < 4.78 is 5.45. The highest BCUT2D eigenvalue weighted by molar-refractivity contribution is 6.33. The molecule has 21 heavy (non-hydrogen) atoms. The van der Waals surface area contributed by atoms with E-state index in [0.717, 1.165) is 5.56 Å². The van der Waals surface area contributed by atoms with Crippen LogP contribution in [0.5, 0.6) is 5.75 Å². The van der Waals surface area contributed by atoms with E-state index in [1.807, 2.05) is 0 Å². The van der Waals surface area contributed by atoms with Crippen LogP contribution in [0.3, 0.4) is 0 Å². The highest BCUT2D eigenvalue weighted by Crippen LogP contribution is 2.27. The summed E-state index contributed by atoms with van der Waals surface area (Å²) >= 11 is 5.84. The molecule has 0 fully saturated rings. The first-order chi connectivity index (χ1) is 9.99. The maximum absolute atomic E-state index is 11.1. The van der Waals surface area contributed by atoms with Gasteiger partial charge in [-0.3, -0.25) is 0 Å². The van der Waals surface area contributed by atoms with Gasteiger partial charge in [-0.2, -0.15) is 0 Å². The number of rotatable bonds is 5. The Morgan fingerprint density at radius 3 is 2.24 bits per heavy atom. The minimum Gasteiger partial charge on any atom is -0.488 e. The van der Waals surface area contributed by atoms with E-state index in [2.05, 4.69) is 0 Å². The van der Waals surface area contributed by atoms with Crippen molar-refractivity contribution in [3.8, 4) is 5.75 Å². The van der Waals surface area contributed by atoms with Crippen LogP contribution in [0.25, 0.3) is 0 Å². The first-order valence-electron chi connectivity index (χ1n) is 5.96. The molecule has 0 saturated carbocycles. The Morgan fingerprint density at radius 2 is 1.67 bits per heavy atom. The molecule has 0 aliphatic heterocycles. The predicted molar refractivity (Wildman–Crippen MR) is 76.1 cm³/mol. The lowest BCUT2D eigenvalue weighted by Crippen LogP contribution is -2.04. The molecule has 6 heteroatoms. The van der Waals surface area contributed by atoms with Crippen molar-refractivity contribution < 1.29 is 24.5 Å². The fraction of sp³-hybridized carbons (Fsp3) is 0.0667. The first kappa shape index (κ1) is 14.9. The summed E-state index contributed by atoms with van der Waals surface area (Å²) in [5, 5.41) is 18.0. The van der Waals surface area contributed by atoms with Crippen molar-refractivity contribution >= 4 is 23.5 Å². The van der Waals surface area contributed by atoms with Gasteiger partial charge in [-0.25, -0.2) is 9.59 Å². The van der Waals surface area contributed by atoms with E-state index in [-0.39, 0.29) is 28.5 Å². The van der Waals surface area contributed by atoms with Crippen LogP contribution >= 0.6 is 11.6 Å². The minimum atomic E-state index is -1.17. The highest BCUT2D eigenvalue weighted by atomic mass is 35.5. The fourth-order valence-corrected chi connectivity index (χ4v) is 1.98. The number of hydrogen-bond donors (Lipinski definition) is 2. The van der Waals surface area contributed by atoms with Crippen molar-refractivity contribution in [1.82, 2.24) is 0 Å². The monoisotopic (exact) mass is 306 g/mol. The number of hydrogen-bond acceptors (Lipinski definition) is 3. The van der Waals surface area contributed by atoms with Crippen LogP contribution in [0.2, 0.25) is 5.02 Å². The van der Waals surface area contributed by atoms with E-state index < -0.39 is 11.9 Å². The van der Waals surface area contributed by atoms with Crippen LogP contribution in [0, 0.1) is 0 Å². The molecule has 2 N–H and O–H groups in total. The third-order valence-electron chi connectivity index (χ3n) is 2.78. The van der Waals surface area contributed by atoms with E-state index in [4.69, 9.17) is 26.6 Å². The molecule has 2 rings (SSSR count). The highest BCUT2D eigenvalue weighted by Gasteiger charge is 2.15. The zero-order chi connectivity index (χ0) is 15.4. The normalized spacial score (nSPS) is 10.1. The second-order valence-corrected chi connectivity index (χ2v) is 4.62. The van der Waals surface area contributed by atoms with E-state index >= 15 is 0 Å². The topological polar surface area (TPSA) is 83.8 Å². The van der Waals surface area contributed by atoms with Gasteiger partial charge in [0.2, 0.25) is 0 Å². The number of halogens is 1. The van der Waals surface area contributed by atoms with E-state index in [1.165, 1.54) is 24.3 Å². The number of aromatic carboxylic acids is 2. The fourth-order valence-electron chi connectivity index (χ4n) is 1.74. The molecule has 0 amide bonds. The number of carbonyl (C=O) groups is 2. The van der Waals surface area contributed by atoms with Crippen molar-refractivity contribution in [3.63, 3.8) is 0 Å². The third kappa shape index (κ3) is 3.52. The lowest BCUT2D eigenvalue weighted by Gasteiger charge is -2.10. The summed E-state index contributed by atoms with van der Waals surface area (Å²) in [5.74, 6) is -2.01. The Kier molecular flexibility index (Phi) is 4.45. The first-order valence-corrected chi connectivity index (χ1v) is 6.33. The van der Waals surface area contributed by atoms with Gasteiger partial charge < -0.3 is 14.9 Å². The lowest BCUT2D eigenvalue weighted by molar-refractivity contribution is 0.0682. The molecule has 0 atom stereocenters. The van der Waals surface area contributed by atoms with Gasteiger partial charge in [0.05, 0.1) is 10.6 Å². The summed E-state index contributed by atoms with van der Waals surface area (Å²) in [6, 6.07) is 10.7. The van der Waals surface area contributed by atoms with Gasteiger partial charge in [0.1, 0.15) is 17.9 Å². The minimum absolute atomic E-state index is 0.0960. The molecule has 0 bridgehead atoms. The summed E-state index contributed by atoms with van der Waals surface area (Å²) in [7, 11) is 0. The van der Waals surface area contributed by atoms with Crippen molar-refractivity contribution in [2.24, 2.45) is 0 Å². The van der Waals surface area contributed by atoms with Crippen LogP contribution in [-0.4, -0.2) is 22.2 Å². The van der Waals surface area contributed by atoms with Gasteiger partial charge in [0.15, 0.2) is 0 Å². The molecule has 0 heterocycles. The van der Waals surface area contributed by atoms with Crippen molar-refractivity contribution in [3.05, 3.63) is 64.2 Å². The third-order valence-corrected chi connectivity index (χ3v) is 3.10. The number of ether oxygens (including phenoxy) is 1. The molecular weight excluding hydrogens is 296 g/mol. The Bertz CT molecular complexity index is 679. The maximum Gasteiger partial charge on any atom is 0.341 e. The Morgan fingerprint density at radius 1 is 1.00 bits per heavy atom. The molecule has 108 valence electrons. The van der Waals surface area contributed by atoms with Crippen molar-refractivity contribution in [2.45, 2.75) is 6.61 Å². The Balaban J connectivity index is 2.15. The molecule has 0 radical (unpaired) electrons. The molecule has 0 spiro atoms. The molecule has 0 saturated heterocycles. The van der Waals surface area contributed by atoms with E-state index in [9.17, 15) is 9.59 Å². The summed E-state index contributed by atoms with van der Waals surface area (Å²) in [6.07, 6.45) is 0. The van der Waals surface area contributed by atoms with Crippen LogP contribution in [0.4, 0.5) is 0 Å².